The summed E-state index contributed by atoms with van der Waals surface area (Å²) in [7, 11) is 0. The number of piperidine rings is 1. The molecule has 1 unspecified atom stereocenters. The highest BCUT2D eigenvalue weighted by Crippen LogP contribution is 2.24. The number of carbonyl (C=O) groups excluding carboxylic acids is 2. The number of urea groups is 1. The maximum absolute atomic E-state index is 12.4. The summed E-state index contributed by atoms with van der Waals surface area (Å²) in [5, 5.41) is 6.09. The maximum atomic E-state index is 12.4. The zero-order valence-corrected chi connectivity index (χ0v) is 16.4. The van der Waals surface area contributed by atoms with E-state index in [0.717, 1.165) is 24.8 Å². The Morgan fingerprint density at radius 1 is 1.19 bits per heavy atom. The second kappa shape index (κ2) is 9.11. The van der Waals surface area contributed by atoms with E-state index in [-0.39, 0.29) is 24.2 Å². The fourth-order valence-corrected chi connectivity index (χ4v) is 3.95. The lowest BCUT2D eigenvalue weighted by molar-refractivity contribution is 0.0957. The lowest BCUT2D eigenvalue weighted by Gasteiger charge is -2.32. The summed E-state index contributed by atoms with van der Waals surface area (Å²) in [5.74, 6) is 0. The SMILES string of the molecule is CCOC(=O)N1CCC(NC(=O)NC(C)c2ccc3c(c2)CCCC3)CC1. The van der Waals surface area contributed by atoms with Gasteiger partial charge in [-0.25, -0.2) is 9.59 Å². The summed E-state index contributed by atoms with van der Waals surface area (Å²) in [6.07, 6.45) is 6.07. The molecule has 1 aliphatic heterocycles. The van der Waals surface area contributed by atoms with Gasteiger partial charge in [-0.3, -0.25) is 0 Å². The normalized spacial score (nSPS) is 18.4. The van der Waals surface area contributed by atoms with Gasteiger partial charge in [-0.15, -0.1) is 0 Å². The number of ether oxygens (including phenoxy) is 1. The third-order valence-corrected chi connectivity index (χ3v) is 5.58. The van der Waals surface area contributed by atoms with Gasteiger partial charge in [0, 0.05) is 19.1 Å². The summed E-state index contributed by atoms with van der Waals surface area (Å²) < 4.78 is 5.03. The van der Waals surface area contributed by atoms with Gasteiger partial charge in [0.15, 0.2) is 0 Å². The topological polar surface area (TPSA) is 70.7 Å². The van der Waals surface area contributed by atoms with Gasteiger partial charge >= 0.3 is 12.1 Å². The molecule has 1 aliphatic carbocycles. The van der Waals surface area contributed by atoms with Gasteiger partial charge in [0.2, 0.25) is 0 Å². The number of nitrogens with one attached hydrogen (secondary N) is 2. The van der Waals surface area contributed by atoms with Crippen LogP contribution in [-0.4, -0.2) is 42.8 Å². The van der Waals surface area contributed by atoms with Crippen molar-refractivity contribution in [1.29, 1.82) is 0 Å². The lowest BCUT2D eigenvalue weighted by atomic mass is 9.89. The van der Waals surface area contributed by atoms with Gasteiger partial charge in [0.25, 0.3) is 0 Å². The van der Waals surface area contributed by atoms with E-state index in [1.807, 2.05) is 6.92 Å². The first-order valence-corrected chi connectivity index (χ1v) is 10.2. The van der Waals surface area contributed by atoms with Crippen molar-refractivity contribution in [2.75, 3.05) is 19.7 Å². The number of amides is 3. The lowest BCUT2D eigenvalue weighted by Crippen LogP contribution is -2.49. The quantitative estimate of drug-likeness (QED) is 0.848. The number of aryl methyl sites for hydroxylation is 2. The average molecular weight is 373 g/mol. The van der Waals surface area contributed by atoms with Crippen molar-refractivity contribution >= 4 is 12.1 Å². The van der Waals surface area contributed by atoms with Crippen LogP contribution in [0.25, 0.3) is 0 Å². The zero-order chi connectivity index (χ0) is 19.2. The Morgan fingerprint density at radius 3 is 2.59 bits per heavy atom. The Morgan fingerprint density at radius 2 is 1.89 bits per heavy atom. The summed E-state index contributed by atoms with van der Waals surface area (Å²) >= 11 is 0. The Labute approximate surface area is 161 Å². The molecule has 1 atom stereocenters. The van der Waals surface area contributed by atoms with Crippen molar-refractivity contribution in [1.82, 2.24) is 15.5 Å². The van der Waals surface area contributed by atoms with E-state index in [1.165, 1.54) is 30.4 Å². The first-order valence-electron chi connectivity index (χ1n) is 10.2. The molecule has 1 aromatic rings. The largest absolute Gasteiger partial charge is 0.450 e. The average Bonchev–Trinajstić information content (AvgIpc) is 2.68. The minimum Gasteiger partial charge on any atom is -0.450 e. The Kier molecular flexibility index (Phi) is 6.58. The molecule has 0 saturated carbocycles. The zero-order valence-electron chi connectivity index (χ0n) is 16.4. The highest BCUT2D eigenvalue weighted by atomic mass is 16.6. The minimum atomic E-state index is -0.263. The van der Waals surface area contributed by atoms with Gasteiger partial charge in [-0.1, -0.05) is 18.2 Å². The highest BCUT2D eigenvalue weighted by Gasteiger charge is 2.25. The molecule has 3 rings (SSSR count). The van der Waals surface area contributed by atoms with E-state index < -0.39 is 0 Å². The van der Waals surface area contributed by atoms with Crippen molar-refractivity contribution in [3.8, 4) is 0 Å². The number of hydrogen-bond acceptors (Lipinski definition) is 3. The molecule has 6 nitrogen and oxygen atoms in total. The van der Waals surface area contributed by atoms with Crippen LogP contribution in [-0.2, 0) is 17.6 Å². The summed E-state index contributed by atoms with van der Waals surface area (Å²) in [5.41, 5.74) is 4.04. The molecule has 1 aromatic carbocycles. The fraction of sp³-hybridized carbons (Fsp3) is 0.619. The second-order valence-corrected chi connectivity index (χ2v) is 7.53. The van der Waals surface area contributed by atoms with E-state index in [9.17, 15) is 9.59 Å². The van der Waals surface area contributed by atoms with Crippen LogP contribution in [0.2, 0.25) is 0 Å². The third kappa shape index (κ3) is 5.15. The molecule has 0 radical (unpaired) electrons. The van der Waals surface area contributed by atoms with Crippen LogP contribution in [0.1, 0.15) is 62.3 Å². The number of nitrogens with zero attached hydrogens (tertiary/aromatic N) is 1. The standard InChI is InChI=1S/C21H31N3O3/c1-3-27-21(26)24-12-10-19(11-13-24)23-20(25)22-15(2)17-9-8-16-6-4-5-7-18(16)14-17/h8-9,14-15,19H,3-7,10-13H2,1-2H3,(H2,22,23,25). The molecule has 6 heteroatoms. The van der Waals surface area contributed by atoms with Crippen molar-refractivity contribution in [2.24, 2.45) is 0 Å². The van der Waals surface area contributed by atoms with Gasteiger partial charge in [0.05, 0.1) is 12.6 Å². The molecular formula is C21H31N3O3. The highest BCUT2D eigenvalue weighted by molar-refractivity contribution is 5.75. The van der Waals surface area contributed by atoms with Crippen molar-refractivity contribution < 1.29 is 14.3 Å². The van der Waals surface area contributed by atoms with Crippen molar-refractivity contribution in [3.63, 3.8) is 0 Å². The van der Waals surface area contributed by atoms with Crippen LogP contribution in [0.4, 0.5) is 9.59 Å². The molecule has 27 heavy (non-hydrogen) atoms. The summed E-state index contributed by atoms with van der Waals surface area (Å²) in [4.78, 5) is 25.8. The van der Waals surface area contributed by atoms with Crippen LogP contribution in [0.3, 0.4) is 0 Å². The van der Waals surface area contributed by atoms with Gasteiger partial charge in [-0.2, -0.15) is 0 Å². The monoisotopic (exact) mass is 373 g/mol. The van der Waals surface area contributed by atoms with E-state index in [4.69, 9.17) is 4.74 Å². The van der Waals surface area contributed by atoms with Crippen LogP contribution in [0.15, 0.2) is 18.2 Å². The molecule has 1 heterocycles. The fourth-order valence-electron chi connectivity index (χ4n) is 3.95. The molecular weight excluding hydrogens is 342 g/mol. The van der Waals surface area contributed by atoms with Crippen molar-refractivity contribution in [3.05, 3.63) is 34.9 Å². The predicted octanol–water partition coefficient (Wildman–Crippen LogP) is 3.55. The van der Waals surface area contributed by atoms with Crippen LogP contribution in [0, 0.1) is 0 Å². The molecule has 0 aromatic heterocycles. The Balaban J connectivity index is 1.46. The van der Waals surface area contributed by atoms with Crippen LogP contribution < -0.4 is 10.6 Å². The number of likely N-dealkylation sites (tertiary alicyclic amines) is 1. The molecule has 3 amide bonds. The number of carbonyl (C=O) groups is 2. The van der Waals surface area contributed by atoms with E-state index in [0.29, 0.717) is 19.7 Å². The third-order valence-electron chi connectivity index (χ3n) is 5.58. The smallest absolute Gasteiger partial charge is 0.409 e. The molecule has 2 N–H and O–H groups in total. The predicted molar refractivity (Wildman–Crippen MR) is 105 cm³/mol. The van der Waals surface area contributed by atoms with Crippen LogP contribution in [0.5, 0.6) is 0 Å². The van der Waals surface area contributed by atoms with E-state index in [1.54, 1.807) is 11.8 Å². The molecule has 148 valence electrons. The number of fused-ring (bicyclic) bond motifs is 1. The molecule has 1 saturated heterocycles. The second-order valence-electron chi connectivity index (χ2n) is 7.53. The first-order chi connectivity index (χ1) is 13.1. The number of hydrogen-bond donors (Lipinski definition) is 2. The molecule has 2 aliphatic rings. The molecule has 0 spiro atoms. The Bertz CT molecular complexity index is 669. The van der Waals surface area contributed by atoms with E-state index in [2.05, 4.69) is 28.8 Å². The first kappa shape index (κ1) is 19.5. The van der Waals surface area contributed by atoms with Crippen LogP contribution >= 0.6 is 0 Å². The van der Waals surface area contributed by atoms with Crippen molar-refractivity contribution in [2.45, 2.75) is 64.5 Å². The number of rotatable bonds is 4. The molecule has 1 fully saturated rings. The van der Waals surface area contributed by atoms with Gasteiger partial charge in [-0.05, 0) is 69.1 Å². The molecule has 0 bridgehead atoms. The van der Waals surface area contributed by atoms with E-state index >= 15 is 0 Å². The van der Waals surface area contributed by atoms with Gasteiger partial charge in [0.1, 0.15) is 0 Å². The Hall–Kier alpha value is -2.24. The minimum absolute atomic E-state index is 0.0307. The maximum Gasteiger partial charge on any atom is 0.409 e. The van der Waals surface area contributed by atoms with Gasteiger partial charge < -0.3 is 20.3 Å². The summed E-state index contributed by atoms with van der Waals surface area (Å²) in [6, 6.07) is 6.51. The summed E-state index contributed by atoms with van der Waals surface area (Å²) in [6.45, 7) is 5.45. The number of benzene rings is 1.